The first-order valence-corrected chi connectivity index (χ1v) is 4.35. The first-order chi connectivity index (χ1) is 4.12. The fraction of sp³-hybridized carbons (Fsp3) is 1.00. The van der Waals surface area contributed by atoms with Crippen LogP contribution in [-0.2, 0) is 14.5 Å². The average Bonchev–Trinajstić information content (AvgIpc) is 1.84. The van der Waals surface area contributed by atoms with Gasteiger partial charge in [0.2, 0.25) is 0 Å². The highest BCUT2D eigenvalue weighted by molar-refractivity contribution is 7.86. The van der Waals surface area contributed by atoms with Crippen LogP contribution in [0.3, 0.4) is 0 Å². The Labute approximate surface area is 58.4 Å². The van der Waals surface area contributed by atoms with Gasteiger partial charge in [-0.1, -0.05) is 0 Å². The molecule has 0 aliphatic rings. The lowest BCUT2D eigenvalue weighted by molar-refractivity contribution is -0.130. The lowest BCUT2D eigenvalue weighted by Crippen LogP contribution is -2.08. The molecule has 6 heteroatoms. The molecule has 4 nitrogen and oxygen atoms in total. The largest absolute Gasteiger partial charge is 0.293 e. The van der Waals surface area contributed by atoms with E-state index < -0.39 is 10.1 Å². The van der Waals surface area contributed by atoms with Gasteiger partial charge >= 0.3 is 0 Å². The molecule has 0 fully saturated rings. The lowest BCUT2D eigenvalue weighted by Gasteiger charge is -1.93. The summed E-state index contributed by atoms with van der Waals surface area (Å²) in [6, 6.07) is 0. The fourth-order valence-corrected chi connectivity index (χ4v) is 1.13. The van der Waals surface area contributed by atoms with Crippen LogP contribution in [-0.4, -0.2) is 25.3 Å². The second-order valence-electron chi connectivity index (χ2n) is 1.38. The van der Waals surface area contributed by atoms with Crippen LogP contribution in [0.25, 0.3) is 0 Å². The minimum Gasteiger partial charge on any atom is -0.235 e. The van der Waals surface area contributed by atoms with E-state index in [0.29, 0.717) is 0 Å². The number of halogens is 1. The molecule has 0 amide bonds. The summed E-state index contributed by atoms with van der Waals surface area (Å²) in [5.41, 5.74) is 0. The van der Waals surface area contributed by atoms with Gasteiger partial charge in [-0.2, -0.15) is 8.42 Å². The van der Waals surface area contributed by atoms with Gasteiger partial charge in [0.1, 0.15) is 0 Å². The van der Waals surface area contributed by atoms with Gasteiger partial charge < -0.3 is 0 Å². The van der Waals surface area contributed by atoms with Crippen LogP contribution < -0.4 is 0 Å². The number of hydrogen-bond acceptors (Lipinski definition) is 4. The Kier molecular flexibility index (Phi) is 4.12. The molecule has 0 aliphatic carbocycles. The summed E-state index contributed by atoms with van der Waals surface area (Å²) in [4.78, 5) is 0. The predicted octanol–water partition coefficient (Wildman–Crippen LogP) is 0.435. The molecule has 0 saturated carbocycles. The van der Waals surface area contributed by atoms with E-state index >= 15 is 0 Å². The topological polar surface area (TPSA) is 63.6 Å². The first kappa shape index (κ1) is 9.16. The Morgan fingerprint density at radius 2 is 2.11 bits per heavy atom. The summed E-state index contributed by atoms with van der Waals surface area (Å²) >= 11 is 5.16. The van der Waals surface area contributed by atoms with E-state index in [1.165, 1.54) is 0 Å². The van der Waals surface area contributed by atoms with E-state index in [4.69, 9.17) is 16.9 Å². The molecule has 0 atom stereocenters. The molecule has 0 unspecified atom stereocenters. The summed E-state index contributed by atoms with van der Waals surface area (Å²) in [5, 5.41) is 7.69. The minimum absolute atomic E-state index is 0.239. The molecule has 0 saturated heterocycles. The zero-order valence-electron chi connectivity index (χ0n) is 4.58. The van der Waals surface area contributed by atoms with Gasteiger partial charge in [-0.05, 0) is 6.42 Å². The van der Waals surface area contributed by atoms with Gasteiger partial charge in [-0.25, -0.2) is 5.26 Å². The Hall–Kier alpha value is 0.160. The van der Waals surface area contributed by atoms with Crippen molar-refractivity contribution in [2.75, 3.05) is 11.6 Å². The van der Waals surface area contributed by atoms with Crippen LogP contribution in [0.2, 0.25) is 0 Å². The highest BCUT2D eigenvalue weighted by Gasteiger charge is 2.07. The summed E-state index contributed by atoms with van der Waals surface area (Å²) in [5.74, 6) is -0.00437. The van der Waals surface area contributed by atoms with Crippen molar-refractivity contribution in [2.24, 2.45) is 0 Å². The average molecular weight is 175 g/mol. The zero-order valence-corrected chi connectivity index (χ0v) is 6.15. The van der Waals surface area contributed by atoms with Gasteiger partial charge in [-0.15, -0.1) is 15.9 Å². The van der Waals surface area contributed by atoms with Crippen LogP contribution in [0.15, 0.2) is 0 Å². The molecule has 0 bridgehead atoms. The maximum atomic E-state index is 10.2. The summed E-state index contributed by atoms with van der Waals surface area (Å²) < 4.78 is 23.6. The Bertz CT molecular complexity index is 151. The van der Waals surface area contributed by atoms with Gasteiger partial charge in [0.25, 0.3) is 10.1 Å². The number of alkyl halides is 1. The number of rotatable bonds is 4. The van der Waals surface area contributed by atoms with Gasteiger partial charge in [-0.3, -0.25) is 0 Å². The van der Waals surface area contributed by atoms with Crippen LogP contribution >= 0.6 is 11.6 Å². The molecule has 9 heavy (non-hydrogen) atoms. The monoisotopic (exact) mass is 174 g/mol. The van der Waals surface area contributed by atoms with E-state index in [1.807, 2.05) is 0 Å². The zero-order chi connectivity index (χ0) is 7.33. The normalized spacial score (nSPS) is 11.8. The van der Waals surface area contributed by atoms with E-state index in [9.17, 15) is 8.42 Å². The van der Waals surface area contributed by atoms with E-state index in [2.05, 4.69) is 4.33 Å². The molecule has 56 valence electrons. The highest BCUT2D eigenvalue weighted by atomic mass is 35.5. The fourth-order valence-electron chi connectivity index (χ4n) is 0.269. The predicted molar refractivity (Wildman–Crippen MR) is 32.8 cm³/mol. The first-order valence-electron chi connectivity index (χ1n) is 2.24. The Balaban J connectivity index is 3.61. The smallest absolute Gasteiger partial charge is 0.235 e. The van der Waals surface area contributed by atoms with Gasteiger partial charge in [0.15, 0.2) is 0 Å². The molecule has 0 rings (SSSR count). The lowest BCUT2D eigenvalue weighted by atomic mass is 10.6. The van der Waals surface area contributed by atoms with Crippen molar-refractivity contribution < 1.29 is 18.0 Å². The van der Waals surface area contributed by atoms with E-state index in [1.54, 1.807) is 0 Å². The Morgan fingerprint density at radius 1 is 1.56 bits per heavy atom. The molecule has 0 aliphatic heterocycles. The summed E-state index contributed by atoms with van der Waals surface area (Å²) in [6.07, 6.45) is 0.282. The molecule has 0 spiro atoms. The molecule has 0 radical (unpaired) electrons. The third kappa shape index (κ3) is 4.65. The molecule has 1 N–H and O–H groups in total. The maximum Gasteiger partial charge on any atom is 0.293 e. The third-order valence-electron chi connectivity index (χ3n) is 0.642. The molecule has 0 aromatic carbocycles. The minimum atomic E-state index is -3.71. The van der Waals surface area contributed by atoms with Crippen LogP contribution in [0.1, 0.15) is 6.42 Å². The van der Waals surface area contributed by atoms with Crippen molar-refractivity contribution in [3.63, 3.8) is 0 Å². The SMILES string of the molecule is O=S(=O)(CCCCl)OO. The van der Waals surface area contributed by atoms with Crippen LogP contribution in [0.5, 0.6) is 0 Å². The standard InChI is InChI=1S/C3H7ClO4S/c4-2-1-3-9(6,7)8-5/h5H,1-3H2. The van der Waals surface area contributed by atoms with Gasteiger partial charge in [0, 0.05) is 5.88 Å². The summed E-state index contributed by atoms with van der Waals surface area (Å²) in [6.45, 7) is 0. The van der Waals surface area contributed by atoms with Crippen molar-refractivity contribution >= 4 is 21.7 Å². The molecule has 0 aromatic heterocycles. The highest BCUT2D eigenvalue weighted by Crippen LogP contribution is 1.94. The quantitative estimate of drug-likeness (QED) is 0.382. The second-order valence-corrected chi connectivity index (χ2v) is 3.43. The van der Waals surface area contributed by atoms with Crippen molar-refractivity contribution in [3.05, 3.63) is 0 Å². The number of hydrogen-bond donors (Lipinski definition) is 1. The van der Waals surface area contributed by atoms with E-state index in [0.717, 1.165) is 0 Å². The molecular formula is C3H7ClO4S. The van der Waals surface area contributed by atoms with Crippen LogP contribution in [0.4, 0.5) is 0 Å². The second kappa shape index (κ2) is 4.05. The third-order valence-corrected chi connectivity index (χ3v) is 1.92. The Morgan fingerprint density at radius 3 is 2.44 bits per heavy atom. The van der Waals surface area contributed by atoms with Crippen molar-refractivity contribution in [2.45, 2.75) is 6.42 Å². The van der Waals surface area contributed by atoms with Gasteiger partial charge in [0.05, 0.1) is 5.75 Å². The molecular weight excluding hydrogens is 168 g/mol. The van der Waals surface area contributed by atoms with Crippen molar-refractivity contribution in [3.8, 4) is 0 Å². The van der Waals surface area contributed by atoms with Crippen molar-refractivity contribution in [1.82, 2.24) is 0 Å². The van der Waals surface area contributed by atoms with E-state index in [-0.39, 0.29) is 18.1 Å². The van der Waals surface area contributed by atoms with Crippen LogP contribution in [0, 0.1) is 0 Å². The molecule has 0 aromatic rings. The maximum absolute atomic E-state index is 10.2. The molecule has 0 heterocycles. The van der Waals surface area contributed by atoms with Crippen molar-refractivity contribution in [1.29, 1.82) is 0 Å². The summed E-state index contributed by atoms with van der Waals surface area (Å²) in [7, 11) is -3.71.